The Morgan fingerprint density at radius 1 is 1.14 bits per heavy atom. The Bertz CT molecular complexity index is 1130. The SMILES string of the molecule is C1=NC=C2COC/C=C/COCc3cccc(c3)Nc3nccc(n3)C13CC23.COCCN1CCCC1.[HH]. The summed E-state index contributed by atoms with van der Waals surface area (Å²) >= 11 is 0. The number of nitrogens with one attached hydrogen (secondary N) is 1. The Kier molecular flexibility index (Phi) is 8.73. The number of ether oxygens (including phenoxy) is 3. The van der Waals surface area contributed by atoms with Gasteiger partial charge in [0.25, 0.3) is 0 Å². The van der Waals surface area contributed by atoms with Crippen LogP contribution in [0, 0.1) is 5.92 Å². The van der Waals surface area contributed by atoms with Gasteiger partial charge in [-0.3, -0.25) is 4.99 Å². The standard InChI is InChI=1S/C22H22N4O2.C7H15NO.H2/c1-2-9-28-14-17-12-23-15-22(11-19(17)22)20-6-7-24-21(26-20)25-18-5-3-4-16(10-18)13-27-8-1;1-9-7-6-8-4-2-3-5-8;/h1-7,10,12,15,19H,8-9,11,13-14H2,(H,24,25,26);2-7H2,1H3;1H/b2-1+;;. The molecule has 1 saturated heterocycles. The van der Waals surface area contributed by atoms with Gasteiger partial charge in [-0.25, -0.2) is 9.97 Å². The Labute approximate surface area is 220 Å². The zero-order valence-electron chi connectivity index (χ0n) is 21.6. The molecule has 198 valence electrons. The smallest absolute Gasteiger partial charge is 0.227 e. The molecule has 3 aliphatic heterocycles. The van der Waals surface area contributed by atoms with Crippen LogP contribution in [0.4, 0.5) is 11.6 Å². The van der Waals surface area contributed by atoms with Crippen molar-refractivity contribution in [2.75, 3.05) is 58.5 Å². The predicted molar refractivity (Wildman–Crippen MR) is 147 cm³/mol. The van der Waals surface area contributed by atoms with E-state index in [0.717, 1.165) is 36.5 Å². The van der Waals surface area contributed by atoms with Crippen LogP contribution in [0.15, 0.2) is 65.4 Å². The van der Waals surface area contributed by atoms with Crippen LogP contribution < -0.4 is 5.32 Å². The van der Waals surface area contributed by atoms with Crippen LogP contribution in [-0.4, -0.2) is 74.3 Å². The zero-order chi connectivity index (χ0) is 25.3. The molecule has 6 rings (SSSR count). The summed E-state index contributed by atoms with van der Waals surface area (Å²) < 4.78 is 16.5. The Morgan fingerprint density at radius 3 is 2.81 bits per heavy atom. The lowest BCUT2D eigenvalue weighted by Gasteiger charge is -2.17. The topological polar surface area (TPSA) is 81.1 Å². The van der Waals surface area contributed by atoms with Crippen LogP contribution in [0.1, 0.15) is 31.9 Å². The fraction of sp³-hybridized carbons (Fsp3) is 0.483. The summed E-state index contributed by atoms with van der Waals surface area (Å²) in [6.45, 7) is 6.85. The number of likely N-dealkylation sites (tertiary alicyclic amines) is 1. The minimum Gasteiger partial charge on any atom is -0.383 e. The summed E-state index contributed by atoms with van der Waals surface area (Å²) in [7, 11) is 1.76. The number of fused-ring (bicyclic) bond motifs is 4. The van der Waals surface area contributed by atoms with Crippen molar-refractivity contribution >= 4 is 17.9 Å². The van der Waals surface area contributed by atoms with Gasteiger partial charge in [-0.05, 0) is 61.7 Å². The second-order valence-corrected chi connectivity index (χ2v) is 9.91. The largest absolute Gasteiger partial charge is 0.383 e. The van der Waals surface area contributed by atoms with Crippen molar-refractivity contribution in [3.8, 4) is 0 Å². The first-order chi connectivity index (χ1) is 18.3. The van der Waals surface area contributed by atoms with E-state index in [1.165, 1.54) is 31.5 Å². The maximum Gasteiger partial charge on any atom is 0.227 e. The Balaban J connectivity index is 0.000000288. The van der Waals surface area contributed by atoms with Crippen molar-refractivity contribution in [3.05, 3.63) is 71.7 Å². The first-order valence-electron chi connectivity index (χ1n) is 13.2. The van der Waals surface area contributed by atoms with Gasteiger partial charge < -0.3 is 24.4 Å². The van der Waals surface area contributed by atoms with Gasteiger partial charge in [0, 0.05) is 45.3 Å². The fourth-order valence-corrected chi connectivity index (χ4v) is 5.12. The second kappa shape index (κ2) is 12.6. The lowest BCUT2D eigenvalue weighted by Crippen LogP contribution is -2.23. The first-order valence-corrected chi connectivity index (χ1v) is 13.2. The molecule has 2 aromatic rings. The van der Waals surface area contributed by atoms with E-state index in [4.69, 9.17) is 19.2 Å². The molecule has 1 aromatic carbocycles. The quantitative estimate of drug-likeness (QED) is 0.614. The number of aliphatic imine (C=N–C) groups is 1. The molecule has 1 saturated carbocycles. The maximum atomic E-state index is 5.82. The molecule has 1 aromatic heterocycles. The van der Waals surface area contributed by atoms with Gasteiger partial charge in [0.15, 0.2) is 0 Å². The van der Waals surface area contributed by atoms with Crippen LogP contribution in [0.25, 0.3) is 0 Å². The average Bonchev–Trinajstić information content (AvgIpc) is 3.47. The second-order valence-electron chi connectivity index (χ2n) is 9.91. The highest BCUT2D eigenvalue weighted by Gasteiger charge is 2.58. The highest BCUT2D eigenvalue weighted by Crippen LogP contribution is 2.57. The molecule has 1 N–H and O–H groups in total. The molecule has 4 heterocycles. The number of aromatic nitrogens is 2. The number of rotatable bonds is 3. The third-order valence-electron chi connectivity index (χ3n) is 7.25. The third kappa shape index (κ3) is 6.70. The first kappa shape index (κ1) is 25.7. The van der Waals surface area contributed by atoms with E-state index in [0.29, 0.717) is 38.3 Å². The lowest BCUT2D eigenvalue weighted by molar-refractivity contribution is 0.146. The van der Waals surface area contributed by atoms with E-state index in [1.807, 2.05) is 55.0 Å². The van der Waals surface area contributed by atoms with Crippen LogP contribution in [-0.2, 0) is 26.2 Å². The van der Waals surface area contributed by atoms with Crippen LogP contribution >= 0.6 is 0 Å². The molecular formula is C29H39N5O3. The molecule has 0 spiro atoms. The van der Waals surface area contributed by atoms with Crippen molar-refractivity contribution in [2.45, 2.75) is 31.3 Å². The van der Waals surface area contributed by atoms with Crippen LogP contribution in [0.2, 0.25) is 0 Å². The average molecular weight is 506 g/mol. The minimum absolute atomic E-state index is 0. The normalized spacial score (nSPS) is 25.9. The molecule has 8 nitrogen and oxygen atoms in total. The number of methoxy groups -OCH3 is 1. The van der Waals surface area contributed by atoms with Gasteiger partial charge >= 0.3 is 0 Å². The molecule has 0 radical (unpaired) electrons. The molecule has 2 fully saturated rings. The van der Waals surface area contributed by atoms with Crippen molar-refractivity contribution < 1.29 is 15.6 Å². The van der Waals surface area contributed by atoms with Crippen molar-refractivity contribution in [3.63, 3.8) is 0 Å². The predicted octanol–water partition coefficient (Wildman–Crippen LogP) is 4.52. The van der Waals surface area contributed by atoms with Crippen LogP contribution in [0.5, 0.6) is 0 Å². The van der Waals surface area contributed by atoms with Crippen LogP contribution in [0.3, 0.4) is 0 Å². The maximum absolute atomic E-state index is 5.82. The molecule has 6 bridgehead atoms. The van der Waals surface area contributed by atoms with E-state index < -0.39 is 0 Å². The molecule has 1 aliphatic carbocycles. The number of hydrogen-bond acceptors (Lipinski definition) is 8. The molecule has 2 unspecified atom stereocenters. The van der Waals surface area contributed by atoms with E-state index in [2.05, 4.69) is 26.3 Å². The van der Waals surface area contributed by atoms with Gasteiger partial charge in [0.05, 0.1) is 44.1 Å². The van der Waals surface area contributed by atoms with Crippen molar-refractivity contribution in [1.82, 2.24) is 14.9 Å². The summed E-state index contributed by atoms with van der Waals surface area (Å²) in [6, 6.07) is 10.1. The Morgan fingerprint density at radius 2 is 1.97 bits per heavy atom. The van der Waals surface area contributed by atoms with E-state index >= 15 is 0 Å². The number of benzene rings is 1. The summed E-state index contributed by atoms with van der Waals surface area (Å²) in [4.78, 5) is 16.1. The van der Waals surface area contributed by atoms with E-state index in [1.54, 1.807) is 7.11 Å². The van der Waals surface area contributed by atoms with Gasteiger partial charge in [0.1, 0.15) is 0 Å². The summed E-state index contributed by atoms with van der Waals surface area (Å²) in [6.07, 6.45) is 13.6. The highest BCUT2D eigenvalue weighted by atomic mass is 16.5. The van der Waals surface area contributed by atoms with E-state index in [-0.39, 0.29) is 6.84 Å². The molecule has 37 heavy (non-hydrogen) atoms. The van der Waals surface area contributed by atoms with Gasteiger partial charge in [-0.1, -0.05) is 24.3 Å². The van der Waals surface area contributed by atoms with Gasteiger partial charge in [-0.15, -0.1) is 0 Å². The third-order valence-corrected chi connectivity index (χ3v) is 7.25. The highest BCUT2D eigenvalue weighted by molar-refractivity contribution is 5.81. The molecule has 0 amide bonds. The van der Waals surface area contributed by atoms with Crippen molar-refractivity contribution in [2.24, 2.45) is 10.9 Å². The monoisotopic (exact) mass is 505 g/mol. The molecule has 8 heteroatoms. The molecule has 2 atom stereocenters. The zero-order valence-corrected chi connectivity index (χ0v) is 21.6. The van der Waals surface area contributed by atoms with Gasteiger partial charge in [-0.2, -0.15) is 0 Å². The fourth-order valence-electron chi connectivity index (χ4n) is 5.12. The summed E-state index contributed by atoms with van der Waals surface area (Å²) in [5.74, 6) is 1.00. The van der Waals surface area contributed by atoms with Gasteiger partial charge in [0.2, 0.25) is 5.95 Å². The number of nitrogens with zero attached hydrogens (tertiary/aromatic N) is 4. The summed E-state index contributed by atoms with van der Waals surface area (Å²) in [5, 5.41) is 3.32. The minimum atomic E-state index is -0.121. The summed E-state index contributed by atoms with van der Waals surface area (Å²) in [5.41, 5.74) is 4.16. The molecular weight excluding hydrogens is 466 g/mol. The van der Waals surface area contributed by atoms with E-state index in [9.17, 15) is 0 Å². The molecule has 4 aliphatic rings. The lowest BCUT2D eigenvalue weighted by atomic mass is 9.95. The van der Waals surface area contributed by atoms with Crippen molar-refractivity contribution in [1.29, 1.82) is 0 Å². The Hall–Kier alpha value is -2.91. The number of anilines is 2. The number of hydrogen-bond donors (Lipinski definition) is 1.